The SMILES string of the molecule is O=C1CCc2cc(S(=O)(=O)Nc3ccccc3Cc3ccccc3)ccc2N1. The van der Waals surface area contributed by atoms with E-state index in [1.54, 1.807) is 18.2 Å². The van der Waals surface area contributed by atoms with E-state index in [0.717, 1.165) is 16.7 Å². The number of fused-ring (bicyclic) bond motifs is 1. The van der Waals surface area contributed by atoms with Crippen LogP contribution in [0.2, 0.25) is 0 Å². The molecule has 0 saturated heterocycles. The quantitative estimate of drug-likeness (QED) is 0.690. The fourth-order valence-corrected chi connectivity index (χ4v) is 4.47. The summed E-state index contributed by atoms with van der Waals surface area (Å²) in [6.45, 7) is 0. The van der Waals surface area contributed by atoms with Gasteiger partial charge in [0, 0.05) is 12.1 Å². The Balaban J connectivity index is 1.61. The number of benzene rings is 3. The highest BCUT2D eigenvalue weighted by Gasteiger charge is 2.20. The number of carbonyl (C=O) groups excluding carboxylic acids is 1. The summed E-state index contributed by atoms with van der Waals surface area (Å²) in [5.74, 6) is -0.0453. The Hall–Kier alpha value is -3.12. The summed E-state index contributed by atoms with van der Waals surface area (Å²) in [5, 5.41) is 2.77. The van der Waals surface area contributed by atoms with Crippen LogP contribution in [0.5, 0.6) is 0 Å². The Morgan fingerprint density at radius 3 is 2.46 bits per heavy atom. The fraction of sp³-hybridized carbons (Fsp3) is 0.136. The highest BCUT2D eigenvalue weighted by atomic mass is 32.2. The molecular weight excluding hydrogens is 372 g/mol. The van der Waals surface area contributed by atoms with Gasteiger partial charge in [-0.3, -0.25) is 9.52 Å². The lowest BCUT2D eigenvalue weighted by Crippen LogP contribution is -2.20. The zero-order valence-corrected chi connectivity index (χ0v) is 16.0. The summed E-state index contributed by atoms with van der Waals surface area (Å²) < 4.78 is 28.6. The molecule has 0 radical (unpaired) electrons. The molecule has 5 nitrogen and oxygen atoms in total. The van der Waals surface area contributed by atoms with Crippen LogP contribution < -0.4 is 10.0 Å². The van der Waals surface area contributed by atoms with Crippen molar-refractivity contribution in [2.24, 2.45) is 0 Å². The number of amides is 1. The van der Waals surface area contributed by atoms with Crippen LogP contribution in [-0.4, -0.2) is 14.3 Å². The van der Waals surface area contributed by atoms with Gasteiger partial charge in [0.2, 0.25) is 5.91 Å². The van der Waals surface area contributed by atoms with E-state index >= 15 is 0 Å². The maximum atomic E-state index is 13.0. The largest absolute Gasteiger partial charge is 0.326 e. The molecule has 28 heavy (non-hydrogen) atoms. The zero-order chi connectivity index (χ0) is 19.6. The van der Waals surface area contributed by atoms with Crippen molar-refractivity contribution in [1.29, 1.82) is 0 Å². The molecule has 0 atom stereocenters. The minimum Gasteiger partial charge on any atom is -0.326 e. The van der Waals surface area contributed by atoms with Gasteiger partial charge in [-0.1, -0.05) is 48.5 Å². The number of para-hydroxylation sites is 1. The molecule has 1 heterocycles. The number of nitrogens with one attached hydrogen (secondary N) is 2. The molecule has 0 aromatic heterocycles. The highest BCUT2D eigenvalue weighted by molar-refractivity contribution is 7.92. The molecule has 4 rings (SSSR count). The van der Waals surface area contributed by atoms with Crippen LogP contribution in [0.4, 0.5) is 11.4 Å². The van der Waals surface area contributed by atoms with Crippen molar-refractivity contribution in [1.82, 2.24) is 0 Å². The van der Waals surface area contributed by atoms with E-state index < -0.39 is 10.0 Å². The summed E-state index contributed by atoms with van der Waals surface area (Å²) in [7, 11) is -3.74. The minimum atomic E-state index is -3.74. The lowest BCUT2D eigenvalue weighted by Gasteiger charge is -2.18. The standard InChI is InChI=1S/C22H20N2O3S/c25-22-13-10-18-15-19(11-12-20(18)23-22)28(26,27)24-21-9-5-4-8-17(21)14-16-6-2-1-3-7-16/h1-9,11-12,15,24H,10,13-14H2,(H,23,25). The number of anilines is 2. The van der Waals surface area contributed by atoms with E-state index in [4.69, 9.17) is 0 Å². The third-order valence-corrected chi connectivity index (χ3v) is 6.14. The first kappa shape index (κ1) is 18.3. The van der Waals surface area contributed by atoms with Crippen LogP contribution in [0.1, 0.15) is 23.1 Å². The number of carbonyl (C=O) groups is 1. The molecule has 3 aromatic carbocycles. The molecule has 0 fully saturated rings. The third-order valence-electron chi connectivity index (χ3n) is 4.78. The minimum absolute atomic E-state index is 0.0453. The lowest BCUT2D eigenvalue weighted by atomic mass is 10.0. The molecule has 0 bridgehead atoms. The number of hydrogen-bond acceptors (Lipinski definition) is 3. The van der Waals surface area contributed by atoms with E-state index in [9.17, 15) is 13.2 Å². The van der Waals surface area contributed by atoms with Gasteiger partial charge in [0.1, 0.15) is 0 Å². The Morgan fingerprint density at radius 1 is 0.893 bits per heavy atom. The second kappa shape index (κ2) is 7.48. The predicted octanol–water partition coefficient (Wildman–Crippen LogP) is 3.96. The van der Waals surface area contributed by atoms with E-state index in [-0.39, 0.29) is 10.8 Å². The monoisotopic (exact) mass is 392 g/mol. The fourth-order valence-electron chi connectivity index (χ4n) is 3.32. The first-order valence-corrected chi connectivity index (χ1v) is 10.6. The van der Waals surface area contributed by atoms with Gasteiger partial charge >= 0.3 is 0 Å². The van der Waals surface area contributed by atoms with Crippen molar-refractivity contribution in [2.45, 2.75) is 24.2 Å². The summed E-state index contributed by atoms with van der Waals surface area (Å²) in [6.07, 6.45) is 1.54. The van der Waals surface area contributed by atoms with Gasteiger partial charge < -0.3 is 5.32 Å². The number of hydrogen-bond donors (Lipinski definition) is 2. The van der Waals surface area contributed by atoms with Gasteiger partial charge in [-0.15, -0.1) is 0 Å². The maximum absolute atomic E-state index is 13.0. The van der Waals surface area contributed by atoms with E-state index in [1.807, 2.05) is 48.5 Å². The second-order valence-electron chi connectivity index (χ2n) is 6.79. The zero-order valence-electron chi connectivity index (χ0n) is 15.2. The normalized spacial score (nSPS) is 13.5. The molecule has 6 heteroatoms. The smallest absolute Gasteiger partial charge is 0.261 e. The molecule has 0 spiro atoms. The molecule has 0 saturated carbocycles. The average molecular weight is 392 g/mol. The molecule has 0 unspecified atom stereocenters. The molecule has 1 aliphatic heterocycles. The Morgan fingerprint density at radius 2 is 1.64 bits per heavy atom. The number of sulfonamides is 1. The van der Waals surface area contributed by atoms with Crippen LogP contribution in [0, 0.1) is 0 Å². The van der Waals surface area contributed by atoms with E-state index in [0.29, 0.717) is 30.6 Å². The van der Waals surface area contributed by atoms with Gasteiger partial charge in [-0.25, -0.2) is 8.42 Å². The van der Waals surface area contributed by atoms with Crippen molar-refractivity contribution in [3.05, 3.63) is 89.5 Å². The van der Waals surface area contributed by atoms with Gasteiger partial charge in [-0.05, 0) is 53.8 Å². The Kier molecular flexibility index (Phi) is 4.88. The summed E-state index contributed by atoms with van der Waals surface area (Å²) >= 11 is 0. The van der Waals surface area contributed by atoms with Crippen LogP contribution in [0.25, 0.3) is 0 Å². The van der Waals surface area contributed by atoms with Gasteiger partial charge in [0.25, 0.3) is 10.0 Å². The third kappa shape index (κ3) is 3.92. The van der Waals surface area contributed by atoms with Crippen molar-refractivity contribution in [3.63, 3.8) is 0 Å². The summed E-state index contributed by atoms with van der Waals surface area (Å²) in [4.78, 5) is 11.7. The summed E-state index contributed by atoms with van der Waals surface area (Å²) in [6, 6.07) is 22.1. The summed E-state index contributed by atoms with van der Waals surface area (Å²) in [5.41, 5.74) is 4.10. The van der Waals surface area contributed by atoms with Crippen molar-refractivity contribution < 1.29 is 13.2 Å². The molecular formula is C22H20N2O3S. The van der Waals surface area contributed by atoms with Crippen molar-refractivity contribution in [3.8, 4) is 0 Å². The van der Waals surface area contributed by atoms with Gasteiger partial charge in [-0.2, -0.15) is 0 Å². The van der Waals surface area contributed by atoms with E-state index in [2.05, 4.69) is 10.0 Å². The number of rotatable bonds is 5. The second-order valence-corrected chi connectivity index (χ2v) is 8.47. The van der Waals surface area contributed by atoms with Crippen LogP contribution in [0.15, 0.2) is 77.7 Å². The first-order valence-electron chi connectivity index (χ1n) is 9.09. The molecule has 0 aliphatic carbocycles. The predicted molar refractivity (Wildman–Crippen MR) is 110 cm³/mol. The van der Waals surface area contributed by atoms with E-state index in [1.165, 1.54) is 6.07 Å². The Labute approximate surface area is 164 Å². The molecule has 142 valence electrons. The number of aryl methyl sites for hydroxylation is 1. The van der Waals surface area contributed by atoms with Crippen molar-refractivity contribution in [2.75, 3.05) is 10.0 Å². The van der Waals surface area contributed by atoms with Gasteiger partial charge in [0.05, 0.1) is 10.6 Å². The van der Waals surface area contributed by atoms with Crippen LogP contribution >= 0.6 is 0 Å². The average Bonchev–Trinajstić information content (AvgIpc) is 2.69. The lowest BCUT2D eigenvalue weighted by molar-refractivity contribution is -0.116. The van der Waals surface area contributed by atoms with Gasteiger partial charge in [0.15, 0.2) is 0 Å². The first-order chi connectivity index (χ1) is 13.5. The van der Waals surface area contributed by atoms with Crippen molar-refractivity contribution >= 4 is 27.3 Å². The Bertz CT molecular complexity index is 1130. The molecule has 3 aromatic rings. The topological polar surface area (TPSA) is 75.3 Å². The molecule has 2 N–H and O–H groups in total. The molecule has 1 aliphatic rings. The molecule has 1 amide bonds. The maximum Gasteiger partial charge on any atom is 0.261 e. The highest BCUT2D eigenvalue weighted by Crippen LogP contribution is 2.27. The van der Waals surface area contributed by atoms with Crippen LogP contribution in [0.3, 0.4) is 0 Å². The van der Waals surface area contributed by atoms with Crippen LogP contribution in [-0.2, 0) is 27.7 Å².